The minimum Gasteiger partial charge on any atom is -0.391 e. The van der Waals surface area contributed by atoms with Gasteiger partial charge in [0.05, 0.1) is 6.10 Å². The van der Waals surface area contributed by atoms with Gasteiger partial charge in [0.1, 0.15) is 29.5 Å². The summed E-state index contributed by atoms with van der Waals surface area (Å²) < 4.78 is 4.91. The van der Waals surface area contributed by atoms with E-state index in [1.165, 1.54) is 24.9 Å². The third-order valence-corrected chi connectivity index (χ3v) is 6.57. The van der Waals surface area contributed by atoms with Gasteiger partial charge in [-0.1, -0.05) is 53.7 Å². The molecule has 0 unspecified atom stereocenters. The Labute approximate surface area is 249 Å². The van der Waals surface area contributed by atoms with Crippen LogP contribution in [0.3, 0.4) is 0 Å². The largest absolute Gasteiger partial charge is 0.391 e. The second-order valence-corrected chi connectivity index (χ2v) is 10.1. The monoisotopic (exact) mass is 586 g/mol. The Morgan fingerprint density at radius 2 is 1.74 bits per heavy atom. The number of carbonyl (C=O) groups excluding carboxylic acids is 4. The average Bonchev–Trinajstić information content (AvgIpc) is 3.43. The zero-order valence-electron chi connectivity index (χ0n) is 24.4. The van der Waals surface area contributed by atoms with Gasteiger partial charge < -0.3 is 30.5 Å². The lowest BCUT2D eigenvalue weighted by molar-refractivity contribution is -0.131. The zero-order valence-corrected chi connectivity index (χ0v) is 24.4. The molecular weight excluding hydrogens is 552 g/mol. The van der Waals surface area contributed by atoms with E-state index < -0.39 is 41.8 Å². The first kappa shape index (κ1) is 32.2. The first-order chi connectivity index (χ1) is 20.4. The van der Waals surface area contributed by atoms with Gasteiger partial charge in [0.15, 0.2) is 5.69 Å². The lowest BCUT2D eigenvalue weighted by Crippen LogP contribution is -2.57. The van der Waals surface area contributed by atoms with Crippen LogP contribution in [-0.4, -0.2) is 59.1 Å². The summed E-state index contributed by atoms with van der Waals surface area (Å²) in [5, 5.41) is 30.9. The molecule has 0 aliphatic heterocycles. The number of benzene rings is 2. The number of nitrogens with zero attached hydrogens (tertiary/aromatic N) is 3. The molecule has 3 rings (SSSR count). The molecule has 224 valence electrons. The predicted molar refractivity (Wildman–Crippen MR) is 157 cm³/mol. The van der Waals surface area contributed by atoms with Gasteiger partial charge in [0, 0.05) is 31.8 Å². The van der Waals surface area contributed by atoms with Crippen molar-refractivity contribution in [1.82, 2.24) is 21.1 Å². The Bertz CT molecular complexity index is 1540. The molecule has 2 aromatic carbocycles. The molecule has 0 fully saturated rings. The molecule has 0 saturated heterocycles. The van der Waals surface area contributed by atoms with Crippen molar-refractivity contribution < 1.29 is 28.8 Å². The maximum Gasteiger partial charge on any atom is 0.274 e. The fourth-order valence-corrected chi connectivity index (χ4v) is 4.08. The number of aliphatic hydroxyl groups excluding tert-OH is 1. The van der Waals surface area contributed by atoms with E-state index in [0.29, 0.717) is 17.0 Å². The highest BCUT2D eigenvalue weighted by Gasteiger charge is 2.31. The molecule has 0 aliphatic carbocycles. The molecule has 12 nitrogen and oxygen atoms in total. The number of carbonyl (C=O) groups is 4. The molecule has 0 aliphatic rings. The van der Waals surface area contributed by atoms with E-state index in [1.54, 1.807) is 37.3 Å². The molecule has 4 N–H and O–H groups in total. The maximum atomic E-state index is 13.4. The standard InChI is InChI=1S/C31H34N6O6/c1-18-9-11-22(12-10-18)17-33-28(39)25(15-23-7-6-8-24(14-23)37(5)31(42)19(2)16-32)34-30(41)27(21(4)38)35-29(40)26-13-20(3)43-36-26/h6-14,21,25,27,38H,2,15,17H2,1,3-5H3,(H,33,39)(H,34,41)(H,35,40)/t21-,25+,27+/m1/s1. The van der Waals surface area contributed by atoms with Gasteiger partial charge in [0.25, 0.3) is 11.8 Å². The van der Waals surface area contributed by atoms with E-state index in [4.69, 9.17) is 9.78 Å². The molecule has 1 heterocycles. The quantitative estimate of drug-likeness (QED) is 0.183. The smallest absolute Gasteiger partial charge is 0.274 e. The summed E-state index contributed by atoms with van der Waals surface area (Å²) in [5.74, 6) is -2.24. The number of amides is 4. The molecular formula is C31H34N6O6. The number of likely N-dealkylation sites (N-methyl/N-ethyl adjacent to an activating group) is 1. The maximum absolute atomic E-state index is 13.4. The predicted octanol–water partition coefficient (Wildman–Crippen LogP) is 1.86. The first-order valence-corrected chi connectivity index (χ1v) is 13.4. The lowest BCUT2D eigenvalue weighted by Gasteiger charge is -2.25. The van der Waals surface area contributed by atoms with Crippen molar-refractivity contribution >= 4 is 29.3 Å². The Morgan fingerprint density at radius 3 is 2.35 bits per heavy atom. The van der Waals surface area contributed by atoms with Crippen molar-refractivity contribution in [2.45, 2.75) is 51.9 Å². The molecule has 43 heavy (non-hydrogen) atoms. The van der Waals surface area contributed by atoms with Crippen molar-refractivity contribution in [1.29, 1.82) is 5.26 Å². The Balaban J connectivity index is 1.83. The summed E-state index contributed by atoms with van der Waals surface area (Å²) in [5.41, 5.74) is 2.64. The van der Waals surface area contributed by atoms with E-state index in [2.05, 4.69) is 27.7 Å². The van der Waals surface area contributed by atoms with Gasteiger partial charge in [-0.3, -0.25) is 19.2 Å². The zero-order chi connectivity index (χ0) is 31.7. The number of hydrogen-bond acceptors (Lipinski definition) is 8. The molecule has 12 heteroatoms. The summed E-state index contributed by atoms with van der Waals surface area (Å²) >= 11 is 0. The Kier molecular flexibility index (Phi) is 10.9. The Morgan fingerprint density at radius 1 is 1.05 bits per heavy atom. The number of nitriles is 1. The summed E-state index contributed by atoms with van der Waals surface area (Å²) in [6.45, 7) is 8.53. The van der Waals surface area contributed by atoms with Crippen LogP contribution in [-0.2, 0) is 27.3 Å². The third kappa shape index (κ3) is 8.85. The minimum atomic E-state index is -1.41. The number of aliphatic hydroxyl groups is 1. The topological polar surface area (TPSA) is 178 Å². The van der Waals surface area contributed by atoms with Crippen LogP contribution in [0.2, 0.25) is 0 Å². The van der Waals surface area contributed by atoms with Gasteiger partial charge in [-0.25, -0.2) is 0 Å². The summed E-state index contributed by atoms with van der Waals surface area (Å²) in [6, 6.07) is 14.8. The number of anilines is 1. The van der Waals surface area contributed by atoms with Crippen molar-refractivity contribution in [3.63, 3.8) is 0 Å². The number of aryl methyl sites for hydroxylation is 2. The SMILES string of the molecule is C=C(C#N)C(=O)N(C)c1cccc(C[C@H](NC(=O)[C@@H](NC(=O)c2cc(C)on2)[C@@H](C)O)C(=O)NCc2ccc(C)cc2)c1. The number of nitrogens with one attached hydrogen (secondary N) is 3. The fraction of sp³-hybridized carbons (Fsp3) is 0.290. The van der Waals surface area contributed by atoms with Gasteiger partial charge >= 0.3 is 0 Å². The van der Waals surface area contributed by atoms with Crippen LogP contribution in [0.5, 0.6) is 0 Å². The summed E-state index contributed by atoms with van der Waals surface area (Å²) in [4.78, 5) is 53.1. The minimum absolute atomic E-state index is 0.00347. The van der Waals surface area contributed by atoms with Crippen LogP contribution >= 0.6 is 0 Å². The lowest BCUT2D eigenvalue weighted by atomic mass is 10.0. The average molecular weight is 587 g/mol. The second-order valence-electron chi connectivity index (χ2n) is 10.1. The van der Waals surface area contributed by atoms with Crippen LogP contribution in [0.15, 0.2) is 71.3 Å². The van der Waals surface area contributed by atoms with Crippen LogP contribution in [0.4, 0.5) is 5.69 Å². The van der Waals surface area contributed by atoms with Gasteiger partial charge in [0.2, 0.25) is 11.8 Å². The van der Waals surface area contributed by atoms with Crippen LogP contribution < -0.4 is 20.9 Å². The third-order valence-electron chi connectivity index (χ3n) is 6.57. The molecule has 0 radical (unpaired) electrons. The highest BCUT2D eigenvalue weighted by atomic mass is 16.5. The Hall–Kier alpha value is -5.28. The molecule has 1 aromatic heterocycles. The normalized spacial score (nSPS) is 12.7. The molecule has 0 spiro atoms. The van der Waals surface area contributed by atoms with E-state index in [1.807, 2.05) is 31.2 Å². The number of rotatable bonds is 12. The van der Waals surface area contributed by atoms with Gasteiger partial charge in [-0.05, 0) is 44.0 Å². The molecule has 3 aromatic rings. The van der Waals surface area contributed by atoms with Crippen LogP contribution in [0.1, 0.15) is 39.9 Å². The fourth-order valence-electron chi connectivity index (χ4n) is 4.08. The molecule has 3 atom stereocenters. The van der Waals surface area contributed by atoms with Gasteiger partial charge in [-0.15, -0.1) is 0 Å². The van der Waals surface area contributed by atoms with Crippen molar-refractivity contribution in [3.8, 4) is 6.07 Å². The number of hydrogen-bond donors (Lipinski definition) is 4. The molecule has 4 amide bonds. The first-order valence-electron chi connectivity index (χ1n) is 13.4. The number of aromatic nitrogens is 1. The van der Waals surface area contributed by atoms with Gasteiger partial charge in [-0.2, -0.15) is 5.26 Å². The van der Waals surface area contributed by atoms with Crippen molar-refractivity contribution in [2.75, 3.05) is 11.9 Å². The molecule has 0 bridgehead atoms. The van der Waals surface area contributed by atoms with E-state index in [-0.39, 0.29) is 24.2 Å². The van der Waals surface area contributed by atoms with Crippen LogP contribution in [0, 0.1) is 25.2 Å². The summed E-state index contributed by atoms with van der Waals surface area (Å²) in [7, 11) is 1.49. The van der Waals surface area contributed by atoms with E-state index in [0.717, 1.165) is 11.1 Å². The van der Waals surface area contributed by atoms with Crippen molar-refractivity contribution in [2.24, 2.45) is 0 Å². The summed E-state index contributed by atoms with van der Waals surface area (Å²) in [6.07, 6.45) is -1.31. The van der Waals surface area contributed by atoms with E-state index in [9.17, 15) is 24.3 Å². The van der Waals surface area contributed by atoms with Crippen molar-refractivity contribution in [3.05, 3.63) is 94.9 Å². The second kappa shape index (κ2) is 14.6. The van der Waals surface area contributed by atoms with E-state index >= 15 is 0 Å². The highest BCUT2D eigenvalue weighted by Crippen LogP contribution is 2.18. The van der Waals surface area contributed by atoms with Crippen LogP contribution in [0.25, 0.3) is 0 Å². The highest BCUT2D eigenvalue weighted by molar-refractivity contribution is 6.07. The molecule has 0 saturated carbocycles.